The fourth-order valence-corrected chi connectivity index (χ4v) is 4.04. The zero-order chi connectivity index (χ0) is 20.9. The van der Waals surface area contributed by atoms with Gasteiger partial charge < -0.3 is 14.8 Å². The van der Waals surface area contributed by atoms with Gasteiger partial charge in [0.05, 0.1) is 11.6 Å². The summed E-state index contributed by atoms with van der Waals surface area (Å²) in [4.78, 5) is 0. The molecule has 1 N–H and O–H groups in total. The molecule has 0 aliphatic rings. The van der Waals surface area contributed by atoms with Crippen LogP contribution in [-0.4, -0.2) is 7.11 Å². The van der Waals surface area contributed by atoms with E-state index in [1.165, 1.54) is 16.3 Å². The van der Waals surface area contributed by atoms with E-state index in [-0.39, 0.29) is 0 Å². The lowest BCUT2D eigenvalue weighted by Crippen LogP contribution is -2.03. The van der Waals surface area contributed by atoms with Gasteiger partial charge in [-0.1, -0.05) is 66.2 Å². The second-order valence-corrected chi connectivity index (χ2v) is 8.12. The van der Waals surface area contributed by atoms with Crippen LogP contribution in [-0.2, 0) is 13.2 Å². The van der Waals surface area contributed by atoms with Gasteiger partial charge in [0.15, 0.2) is 11.5 Å². The fraction of sp³-hybridized carbons (Fsp3) is 0.154. The van der Waals surface area contributed by atoms with Crippen molar-refractivity contribution in [1.29, 1.82) is 0 Å². The molecule has 0 unspecified atom stereocenters. The molecular weight excluding hydrogens is 438 g/mol. The molecule has 0 aliphatic carbocycles. The molecular formula is C26H24BrNO2. The van der Waals surface area contributed by atoms with E-state index in [1.807, 2.05) is 6.07 Å². The van der Waals surface area contributed by atoms with Crippen LogP contribution in [0.4, 0.5) is 5.69 Å². The van der Waals surface area contributed by atoms with Crippen molar-refractivity contribution in [1.82, 2.24) is 0 Å². The predicted molar refractivity (Wildman–Crippen MR) is 127 cm³/mol. The molecule has 4 aromatic rings. The highest BCUT2D eigenvalue weighted by Crippen LogP contribution is 2.37. The molecule has 4 rings (SSSR count). The van der Waals surface area contributed by atoms with Gasteiger partial charge in [-0.05, 0) is 57.6 Å². The third-order valence-corrected chi connectivity index (χ3v) is 5.65. The molecule has 0 radical (unpaired) electrons. The summed E-state index contributed by atoms with van der Waals surface area (Å²) in [6.07, 6.45) is 0. The van der Waals surface area contributed by atoms with Crippen LogP contribution in [0.5, 0.6) is 11.5 Å². The van der Waals surface area contributed by atoms with E-state index in [0.717, 1.165) is 21.3 Å². The van der Waals surface area contributed by atoms with E-state index in [0.29, 0.717) is 24.7 Å². The Morgan fingerprint density at radius 3 is 2.43 bits per heavy atom. The van der Waals surface area contributed by atoms with Gasteiger partial charge in [0.2, 0.25) is 0 Å². The Balaban J connectivity index is 1.50. The smallest absolute Gasteiger partial charge is 0.175 e. The average Bonchev–Trinajstić information content (AvgIpc) is 2.77. The lowest BCUT2D eigenvalue weighted by Gasteiger charge is -2.16. The summed E-state index contributed by atoms with van der Waals surface area (Å²) in [5.41, 5.74) is 4.58. The van der Waals surface area contributed by atoms with Crippen molar-refractivity contribution < 1.29 is 9.47 Å². The Kier molecular flexibility index (Phi) is 6.24. The normalized spacial score (nSPS) is 10.8. The molecule has 0 aliphatic heterocycles. The van der Waals surface area contributed by atoms with E-state index in [9.17, 15) is 0 Å². The van der Waals surface area contributed by atoms with Gasteiger partial charge >= 0.3 is 0 Å². The van der Waals surface area contributed by atoms with Crippen molar-refractivity contribution in [2.24, 2.45) is 0 Å². The number of nitrogens with one attached hydrogen (secondary N) is 1. The molecule has 0 heterocycles. The molecule has 0 amide bonds. The SMILES string of the molecule is COc1cc(CNc2cccc3ccccc23)cc(Br)c1OCc1ccc(C)cc1. The third-order valence-electron chi connectivity index (χ3n) is 5.07. The number of hydrogen-bond donors (Lipinski definition) is 1. The number of rotatable bonds is 7. The van der Waals surface area contributed by atoms with Crippen LogP contribution >= 0.6 is 15.9 Å². The molecule has 0 saturated carbocycles. The summed E-state index contributed by atoms with van der Waals surface area (Å²) in [6.45, 7) is 3.25. The average molecular weight is 462 g/mol. The Labute approximate surface area is 185 Å². The largest absolute Gasteiger partial charge is 0.493 e. The van der Waals surface area contributed by atoms with Gasteiger partial charge in [-0.25, -0.2) is 0 Å². The zero-order valence-corrected chi connectivity index (χ0v) is 18.7. The molecule has 0 saturated heterocycles. The van der Waals surface area contributed by atoms with Gasteiger partial charge in [0.25, 0.3) is 0 Å². The van der Waals surface area contributed by atoms with Crippen molar-refractivity contribution >= 4 is 32.4 Å². The Morgan fingerprint density at radius 1 is 0.867 bits per heavy atom. The standard InChI is InChI=1S/C26H24BrNO2/c1-18-10-12-19(13-11-18)17-30-26-23(27)14-20(15-25(26)29-2)16-28-24-9-5-7-21-6-3-4-8-22(21)24/h3-15,28H,16-17H2,1-2H3. The predicted octanol–water partition coefficient (Wildman–Crippen LogP) is 7.11. The van der Waals surface area contributed by atoms with E-state index >= 15 is 0 Å². The van der Waals surface area contributed by atoms with Crippen LogP contribution in [0.2, 0.25) is 0 Å². The number of benzene rings is 4. The maximum Gasteiger partial charge on any atom is 0.175 e. The second kappa shape index (κ2) is 9.23. The van der Waals surface area contributed by atoms with Crippen LogP contribution in [0.15, 0.2) is 83.3 Å². The zero-order valence-electron chi connectivity index (χ0n) is 17.1. The van der Waals surface area contributed by atoms with Crippen molar-refractivity contribution in [3.05, 3.63) is 100 Å². The minimum absolute atomic E-state index is 0.489. The number of anilines is 1. The minimum atomic E-state index is 0.489. The third kappa shape index (κ3) is 4.60. The first-order valence-corrected chi connectivity index (χ1v) is 10.7. The summed E-state index contributed by atoms with van der Waals surface area (Å²) in [7, 11) is 1.67. The highest BCUT2D eigenvalue weighted by Gasteiger charge is 2.12. The summed E-state index contributed by atoms with van der Waals surface area (Å²) in [5.74, 6) is 1.43. The van der Waals surface area contributed by atoms with Crippen LogP contribution in [0.1, 0.15) is 16.7 Å². The first-order chi connectivity index (χ1) is 14.6. The first-order valence-electron chi connectivity index (χ1n) is 9.90. The van der Waals surface area contributed by atoms with Gasteiger partial charge in [-0.15, -0.1) is 0 Å². The molecule has 152 valence electrons. The molecule has 0 aromatic heterocycles. The van der Waals surface area contributed by atoms with Gasteiger partial charge in [-0.2, -0.15) is 0 Å². The summed E-state index contributed by atoms with van der Waals surface area (Å²) < 4.78 is 12.6. The number of methoxy groups -OCH3 is 1. The molecule has 0 spiro atoms. The maximum absolute atomic E-state index is 6.07. The second-order valence-electron chi connectivity index (χ2n) is 7.26. The van der Waals surface area contributed by atoms with Crippen LogP contribution in [0.25, 0.3) is 10.8 Å². The van der Waals surface area contributed by atoms with Crippen LogP contribution < -0.4 is 14.8 Å². The quantitative estimate of drug-likeness (QED) is 0.318. The lowest BCUT2D eigenvalue weighted by molar-refractivity contribution is 0.282. The van der Waals surface area contributed by atoms with E-state index in [2.05, 4.69) is 101 Å². The molecule has 0 fully saturated rings. The Bertz CT molecular complexity index is 1150. The maximum atomic E-state index is 6.07. The number of halogens is 1. The number of fused-ring (bicyclic) bond motifs is 1. The first kappa shape index (κ1) is 20.3. The van der Waals surface area contributed by atoms with Crippen LogP contribution in [0.3, 0.4) is 0 Å². The summed E-state index contributed by atoms with van der Waals surface area (Å²) >= 11 is 3.66. The van der Waals surface area contributed by atoms with Crippen molar-refractivity contribution in [3.63, 3.8) is 0 Å². The Morgan fingerprint density at radius 2 is 1.63 bits per heavy atom. The van der Waals surface area contributed by atoms with E-state index < -0.39 is 0 Å². The van der Waals surface area contributed by atoms with Gasteiger partial charge in [0.1, 0.15) is 6.61 Å². The van der Waals surface area contributed by atoms with E-state index in [4.69, 9.17) is 9.47 Å². The van der Waals surface area contributed by atoms with Gasteiger partial charge in [-0.3, -0.25) is 0 Å². The van der Waals surface area contributed by atoms with E-state index in [1.54, 1.807) is 7.11 Å². The lowest BCUT2D eigenvalue weighted by atomic mass is 10.1. The molecule has 0 atom stereocenters. The summed E-state index contributed by atoms with van der Waals surface area (Å²) in [5, 5.41) is 5.98. The summed E-state index contributed by atoms with van der Waals surface area (Å²) in [6, 6.07) is 27.1. The van der Waals surface area contributed by atoms with Crippen LogP contribution in [0, 0.1) is 6.92 Å². The van der Waals surface area contributed by atoms with Gasteiger partial charge in [0, 0.05) is 17.6 Å². The highest BCUT2D eigenvalue weighted by molar-refractivity contribution is 9.10. The molecule has 4 aromatic carbocycles. The minimum Gasteiger partial charge on any atom is -0.493 e. The van der Waals surface area contributed by atoms with Crippen molar-refractivity contribution in [2.45, 2.75) is 20.1 Å². The number of ether oxygens (including phenoxy) is 2. The Hall–Kier alpha value is -2.98. The molecule has 4 heteroatoms. The monoisotopic (exact) mass is 461 g/mol. The topological polar surface area (TPSA) is 30.5 Å². The number of hydrogen-bond acceptors (Lipinski definition) is 3. The molecule has 0 bridgehead atoms. The highest BCUT2D eigenvalue weighted by atomic mass is 79.9. The van der Waals surface area contributed by atoms with Crippen molar-refractivity contribution in [3.8, 4) is 11.5 Å². The van der Waals surface area contributed by atoms with Crippen molar-refractivity contribution in [2.75, 3.05) is 12.4 Å². The molecule has 3 nitrogen and oxygen atoms in total. The number of aryl methyl sites for hydroxylation is 1. The fourth-order valence-electron chi connectivity index (χ4n) is 3.43. The molecule has 30 heavy (non-hydrogen) atoms.